The van der Waals surface area contributed by atoms with Gasteiger partial charge in [0, 0.05) is 28.5 Å². The van der Waals surface area contributed by atoms with Gasteiger partial charge in [-0.25, -0.2) is 21.8 Å². The maximum atomic E-state index is 14.5. The Labute approximate surface area is 447 Å². The average Bonchev–Trinajstić information content (AvgIpc) is 3.95. The summed E-state index contributed by atoms with van der Waals surface area (Å²) in [6, 6.07) is 21.6. The predicted octanol–water partition coefficient (Wildman–Crippen LogP) is 13.8. The molecule has 0 unspecified atom stereocenters. The lowest BCUT2D eigenvalue weighted by Crippen LogP contribution is -2.17. The number of rotatable bonds is 37. The van der Waals surface area contributed by atoms with E-state index in [4.69, 9.17) is 23.9 Å². The number of nitrogens with one attached hydrogen (secondary N) is 2. The van der Waals surface area contributed by atoms with Gasteiger partial charge in [-0.05, 0) is 79.9 Å². The molecule has 0 saturated carbocycles. The van der Waals surface area contributed by atoms with E-state index in [0.717, 1.165) is 68.9 Å². The summed E-state index contributed by atoms with van der Waals surface area (Å²) >= 11 is 0. The maximum absolute atomic E-state index is 14.5. The van der Waals surface area contributed by atoms with Crippen LogP contribution in [0.3, 0.4) is 0 Å². The van der Waals surface area contributed by atoms with Gasteiger partial charge in [0.05, 0.1) is 38.8 Å². The van der Waals surface area contributed by atoms with E-state index in [9.17, 15) is 16.8 Å². The molecule has 408 valence electrons. The molecule has 75 heavy (non-hydrogen) atoms. The average molecular weight is 1070 g/mol. The van der Waals surface area contributed by atoms with Crippen molar-refractivity contribution in [1.82, 2.24) is 19.8 Å². The Morgan fingerprint density at radius 2 is 1.00 bits per heavy atom. The molecule has 14 nitrogen and oxygen atoms in total. The number of unbranched alkanes of at least 4 members (excludes halogenated alkanes) is 20. The third-order valence-electron chi connectivity index (χ3n) is 13.6. The van der Waals surface area contributed by atoms with Crippen LogP contribution >= 0.6 is 0 Å². The first-order valence-electron chi connectivity index (χ1n) is 27.5. The first kappa shape index (κ1) is 58.4. The lowest BCUT2D eigenvalue weighted by molar-refractivity contribution is 0.296. The first-order chi connectivity index (χ1) is 36.4. The Morgan fingerprint density at radius 3 is 1.51 bits per heavy atom. The summed E-state index contributed by atoms with van der Waals surface area (Å²) in [4.78, 5) is 4.49. The fourth-order valence-corrected chi connectivity index (χ4v) is 11.8. The van der Waals surface area contributed by atoms with Crippen molar-refractivity contribution in [2.24, 2.45) is 0 Å². The summed E-state index contributed by atoms with van der Waals surface area (Å²) in [6.45, 7) is 11.2. The zero-order chi connectivity index (χ0) is 53.5. The molecule has 0 fully saturated rings. The van der Waals surface area contributed by atoms with Gasteiger partial charge in [-0.15, -0.1) is 9.73 Å². The van der Waals surface area contributed by atoms with Gasteiger partial charge >= 0.3 is 0 Å². The number of hydrogen-bond donors (Lipinski definition) is 2. The van der Waals surface area contributed by atoms with Gasteiger partial charge in [-0.1, -0.05) is 173 Å². The van der Waals surface area contributed by atoms with E-state index in [1.165, 1.54) is 106 Å². The van der Waals surface area contributed by atoms with E-state index in [2.05, 4.69) is 40.1 Å². The largest absolute Gasteiger partial charge is 0.496 e. The molecule has 4 aromatic carbocycles. The van der Waals surface area contributed by atoms with Crippen LogP contribution in [0.25, 0.3) is 23.6 Å². The quantitative estimate of drug-likeness (QED) is 0.0356. The van der Waals surface area contributed by atoms with Crippen molar-refractivity contribution in [3.05, 3.63) is 101 Å². The van der Waals surface area contributed by atoms with Crippen LogP contribution in [0.2, 0.25) is 0 Å². The number of ether oxygens (including phenoxy) is 4. The van der Waals surface area contributed by atoms with Gasteiger partial charge in [-0.2, -0.15) is 5.10 Å². The normalized spacial score (nSPS) is 11.8. The van der Waals surface area contributed by atoms with Gasteiger partial charge in [-0.3, -0.25) is 9.44 Å². The van der Waals surface area contributed by atoms with Crippen molar-refractivity contribution in [1.29, 1.82) is 0 Å². The second-order valence-corrected chi connectivity index (χ2v) is 23.0. The minimum absolute atomic E-state index is 0.0299. The summed E-state index contributed by atoms with van der Waals surface area (Å²) in [6.07, 6.45) is 26.6. The minimum atomic E-state index is -4.39. The summed E-state index contributed by atoms with van der Waals surface area (Å²) in [5, 5.41) is 9.90. The summed E-state index contributed by atoms with van der Waals surface area (Å²) in [5.74, 6) is 1.97. The fraction of sp³-hybridized carbons (Fsp3) is 0.508. The molecule has 0 spiro atoms. The van der Waals surface area contributed by atoms with Crippen molar-refractivity contribution in [3.63, 3.8) is 0 Å². The van der Waals surface area contributed by atoms with Gasteiger partial charge in [0.25, 0.3) is 20.0 Å². The van der Waals surface area contributed by atoms with Crippen LogP contribution in [0.5, 0.6) is 23.0 Å². The Morgan fingerprint density at radius 1 is 0.533 bits per heavy atom. The number of sulfonamides is 2. The summed E-state index contributed by atoms with van der Waals surface area (Å²) in [5.41, 5.74) is 3.45. The number of nitrogens with zero attached hydrogens (tertiary/aromatic N) is 4. The van der Waals surface area contributed by atoms with Gasteiger partial charge in [0.15, 0.2) is 11.5 Å². The molecule has 2 aromatic heterocycles. The van der Waals surface area contributed by atoms with Crippen molar-refractivity contribution in [2.45, 2.75) is 178 Å². The van der Waals surface area contributed by atoms with Crippen LogP contribution in [0.1, 0.15) is 172 Å². The predicted molar refractivity (Wildman–Crippen MR) is 302 cm³/mol. The summed E-state index contributed by atoms with van der Waals surface area (Å²) in [7, 11) is -5.43. The van der Waals surface area contributed by atoms with Crippen LogP contribution in [-0.2, 0) is 26.5 Å². The van der Waals surface area contributed by atoms with Crippen LogP contribution < -0.4 is 33.6 Å². The minimum Gasteiger partial charge on any atom is -0.496 e. The fourth-order valence-electron chi connectivity index (χ4n) is 9.28. The van der Waals surface area contributed by atoms with Gasteiger partial charge < -0.3 is 18.9 Å². The molecule has 6 aromatic rings. The molecule has 0 bridgehead atoms. The van der Waals surface area contributed by atoms with E-state index in [1.54, 1.807) is 50.6 Å². The molecule has 0 aliphatic heterocycles. The standard InChI is InChI=1S/C59H82N6O8S2/c1-7-9-11-13-15-16-17-18-19-20-21-22-23-24-26-28-40-73-55-38-36-49(64-74(66,67)56-41-45(3)35-37-54(56)72-39-27-25-14-12-10-8-2)43-57(55)75(68,69)63-48-32-29-31-47(42-48)58-60-59-46(4)51(61-65(59)62-58)44-50-52(70-5)33-30-34-53(50)71-6/h29-38,41-43,63-64H,4,7-28,39-40,44H2,1-3,5-6H3. The molecular weight excluding hydrogens is 985 g/mol. The van der Waals surface area contributed by atoms with Gasteiger partial charge in [0.1, 0.15) is 32.8 Å². The molecular formula is C59H82N6O8S2. The van der Waals surface area contributed by atoms with Crippen LogP contribution in [-0.4, -0.2) is 64.1 Å². The lowest BCUT2D eigenvalue weighted by atomic mass is 10.0. The van der Waals surface area contributed by atoms with Crippen molar-refractivity contribution >= 4 is 43.6 Å². The first-order valence-corrected chi connectivity index (χ1v) is 30.4. The topological polar surface area (TPSA) is 172 Å². The van der Waals surface area contributed by atoms with E-state index < -0.39 is 20.0 Å². The molecule has 0 saturated heterocycles. The molecule has 0 aliphatic carbocycles. The highest BCUT2D eigenvalue weighted by Gasteiger charge is 2.26. The zero-order valence-electron chi connectivity index (χ0n) is 45.3. The Kier molecular flexibility index (Phi) is 23.4. The highest BCUT2D eigenvalue weighted by atomic mass is 32.2. The van der Waals surface area contributed by atoms with Crippen molar-refractivity contribution < 1.29 is 35.8 Å². The van der Waals surface area contributed by atoms with Crippen LogP contribution in [0, 0.1) is 6.92 Å². The monoisotopic (exact) mass is 1070 g/mol. The molecule has 2 heterocycles. The van der Waals surface area contributed by atoms with E-state index in [1.807, 2.05) is 31.2 Å². The molecule has 2 N–H and O–H groups in total. The smallest absolute Gasteiger partial charge is 0.265 e. The molecule has 0 amide bonds. The second-order valence-electron chi connectivity index (χ2n) is 19.7. The highest BCUT2D eigenvalue weighted by molar-refractivity contribution is 7.93. The van der Waals surface area contributed by atoms with Crippen LogP contribution in [0.4, 0.5) is 11.4 Å². The number of hydrogen-bond acceptors (Lipinski definition) is 11. The number of benzene rings is 4. The number of aromatic nitrogens is 4. The second kappa shape index (κ2) is 30.0. The number of anilines is 2. The molecule has 0 aliphatic rings. The number of methoxy groups -OCH3 is 2. The highest BCUT2D eigenvalue weighted by Crippen LogP contribution is 2.34. The molecule has 16 heteroatoms. The Balaban J connectivity index is 1.14. The van der Waals surface area contributed by atoms with Gasteiger partial charge in [0.2, 0.25) is 0 Å². The third kappa shape index (κ3) is 17.6. The SMILES string of the molecule is C=c1c(Cc2c(OC)cccc2OC)nn2nc(-c3cccc(NS(=O)(=O)c4cc(NS(=O)(=O)c5cc(C)ccc5OCCCCCCCC)ccc4OCCCCCCCCCCCCCCCCCC)c3)nc12. The van der Waals surface area contributed by atoms with E-state index >= 15 is 0 Å². The van der Waals surface area contributed by atoms with Crippen molar-refractivity contribution in [2.75, 3.05) is 36.9 Å². The van der Waals surface area contributed by atoms with E-state index in [0.29, 0.717) is 59.1 Å². The zero-order valence-corrected chi connectivity index (χ0v) is 46.9. The molecule has 0 atom stereocenters. The Hall–Kier alpha value is -5.87. The third-order valence-corrected chi connectivity index (χ3v) is 16.4. The number of aryl methyl sites for hydroxylation is 1. The molecule has 0 radical (unpaired) electrons. The maximum Gasteiger partial charge on any atom is 0.265 e. The van der Waals surface area contributed by atoms with Crippen molar-refractivity contribution in [3.8, 4) is 34.4 Å². The molecule has 6 rings (SSSR count). The van der Waals surface area contributed by atoms with Crippen LogP contribution in [0.15, 0.2) is 88.7 Å². The number of fused-ring (bicyclic) bond motifs is 1. The lowest BCUT2D eigenvalue weighted by Gasteiger charge is -2.17. The van der Waals surface area contributed by atoms with E-state index in [-0.39, 0.29) is 32.7 Å². The summed E-state index contributed by atoms with van der Waals surface area (Å²) < 4.78 is 87.5. The Bertz CT molecular complexity index is 2960.